The minimum absolute atomic E-state index is 0.202. The Balaban J connectivity index is 2.40. The van der Waals surface area contributed by atoms with Gasteiger partial charge in [0.15, 0.2) is 0 Å². The third-order valence-corrected chi connectivity index (χ3v) is 7.92. The molecule has 180 valence electrons. The smallest absolute Gasteiger partial charge is 0.302 e. The van der Waals surface area contributed by atoms with Gasteiger partial charge in [0.25, 0.3) is 0 Å². The van der Waals surface area contributed by atoms with Gasteiger partial charge < -0.3 is 4.74 Å². The van der Waals surface area contributed by atoms with Crippen molar-refractivity contribution in [3.8, 4) is 0 Å². The van der Waals surface area contributed by atoms with E-state index in [-0.39, 0.29) is 18.0 Å². The first-order valence-corrected chi connectivity index (χ1v) is 13.1. The molecule has 0 bridgehead atoms. The van der Waals surface area contributed by atoms with Crippen molar-refractivity contribution < 1.29 is 17.9 Å². The van der Waals surface area contributed by atoms with Crippen LogP contribution in [0.5, 0.6) is 0 Å². The molecule has 0 aromatic heterocycles. The molecular formula is C28H38O4S. The zero-order valence-corrected chi connectivity index (χ0v) is 21.7. The highest BCUT2D eigenvalue weighted by molar-refractivity contribution is 7.95. The molecule has 0 unspecified atom stereocenters. The molecule has 0 N–H and O–H groups in total. The molecule has 0 amide bonds. The number of esters is 1. The van der Waals surface area contributed by atoms with E-state index in [1.54, 1.807) is 24.3 Å². The van der Waals surface area contributed by atoms with Gasteiger partial charge in [0, 0.05) is 6.92 Å². The third-order valence-electron chi connectivity index (χ3n) is 6.13. The molecule has 1 aromatic carbocycles. The molecule has 33 heavy (non-hydrogen) atoms. The molecule has 1 aliphatic rings. The molecular weight excluding hydrogens is 432 g/mol. The first-order chi connectivity index (χ1) is 15.4. The Morgan fingerprint density at radius 1 is 1.09 bits per heavy atom. The van der Waals surface area contributed by atoms with Crippen LogP contribution in [-0.2, 0) is 19.4 Å². The fourth-order valence-corrected chi connectivity index (χ4v) is 6.20. The van der Waals surface area contributed by atoms with E-state index in [1.165, 1.54) is 6.92 Å². The molecule has 4 nitrogen and oxygen atoms in total. The Bertz CT molecular complexity index is 1070. The molecule has 1 aromatic rings. The van der Waals surface area contributed by atoms with E-state index < -0.39 is 9.84 Å². The zero-order chi connectivity index (χ0) is 24.6. The van der Waals surface area contributed by atoms with Crippen molar-refractivity contribution in [2.24, 2.45) is 5.41 Å². The SMILES string of the molecule is CC(=O)OC/C=C(\C)CC/C=C(C)/C=C(/C1=C(C)CCCC1(C)C)S(=O)(=O)c1ccccc1. The van der Waals surface area contributed by atoms with Crippen LogP contribution in [0.2, 0.25) is 0 Å². The Hall–Kier alpha value is -2.40. The third kappa shape index (κ3) is 7.56. The molecule has 0 fully saturated rings. The number of ether oxygens (including phenoxy) is 1. The Labute approximate surface area is 200 Å². The minimum Gasteiger partial charge on any atom is -0.462 e. The van der Waals surface area contributed by atoms with Crippen LogP contribution in [0.4, 0.5) is 0 Å². The van der Waals surface area contributed by atoms with Gasteiger partial charge in [0.05, 0.1) is 9.80 Å². The molecule has 1 aliphatic carbocycles. The van der Waals surface area contributed by atoms with E-state index in [0.717, 1.165) is 54.4 Å². The van der Waals surface area contributed by atoms with Gasteiger partial charge in [-0.1, -0.05) is 54.8 Å². The van der Waals surface area contributed by atoms with Gasteiger partial charge in [0.2, 0.25) is 9.84 Å². The van der Waals surface area contributed by atoms with Crippen molar-refractivity contribution in [1.82, 2.24) is 0 Å². The molecule has 0 saturated heterocycles. The number of hydrogen-bond acceptors (Lipinski definition) is 4. The lowest BCUT2D eigenvalue weighted by Crippen LogP contribution is -2.25. The quantitative estimate of drug-likeness (QED) is 0.219. The van der Waals surface area contributed by atoms with Crippen LogP contribution in [0.15, 0.2) is 80.7 Å². The van der Waals surface area contributed by atoms with Crippen molar-refractivity contribution in [1.29, 1.82) is 0 Å². The van der Waals surface area contributed by atoms with Gasteiger partial charge in [0.1, 0.15) is 6.61 Å². The topological polar surface area (TPSA) is 60.4 Å². The van der Waals surface area contributed by atoms with Crippen LogP contribution in [0, 0.1) is 5.41 Å². The van der Waals surface area contributed by atoms with Crippen molar-refractivity contribution in [3.05, 3.63) is 75.8 Å². The maximum Gasteiger partial charge on any atom is 0.302 e. The summed E-state index contributed by atoms with van der Waals surface area (Å²) < 4.78 is 32.5. The number of benzene rings is 1. The normalized spacial score (nSPS) is 17.8. The summed E-state index contributed by atoms with van der Waals surface area (Å²) >= 11 is 0. The Kier molecular flexibility index (Phi) is 9.47. The average Bonchev–Trinajstić information content (AvgIpc) is 2.72. The number of carbonyl (C=O) groups is 1. The van der Waals surface area contributed by atoms with Gasteiger partial charge in [-0.2, -0.15) is 0 Å². The highest BCUT2D eigenvalue weighted by Crippen LogP contribution is 2.46. The molecule has 0 aliphatic heterocycles. The highest BCUT2D eigenvalue weighted by Gasteiger charge is 2.36. The Morgan fingerprint density at radius 2 is 1.76 bits per heavy atom. The van der Waals surface area contributed by atoms with E-state index in [4.69, 9.17) is 4.74 Å². The van der Waals surface area contributed by atoms with Crippen LogP contribution >= 0.6 is 0 Å². The maximum absolute atomic E-state index is 13.8. The number of carbonyl (C=O) groups excluding carboxylic acids is 1. The summed E-state index contributed by atoms with van der Waals surface area (Å²) in [5.41, 5.74) is 3.98. The fourth-order valence-electron chi connectivity index (χ4n) is 4.37. The van der Waals surface area contributed by atoms with Crippen molar-refractivity contribution in [2.45, 2.75) is 78.5 Å². The van der Waals surface area contributed by atoms with E-state index in [0.29, 0.717) is 9.80 Å². The molecule has 0 radical (unpaired) electrons. The van der Waals surface area contributed by atoms with Gasteiger partial charge in [-0.05, 0) is 88.1 Å². The summed E-state index contributed by atoms with van der Waals surface area (Å²) in [7, 11) is -3.66. The van der Waals surface area contributed by atoms with E-state index in [1.807, 2.05) is 32.1 Å². The predicted octanol–water partition coefficient (Wildman–Crippen LogP) is 7.11. The number of rotatable bonds is 9. The molecule has 0 atom stereocenters. The van der Waals surface area contributed by atoms with E-state index in [2.05, 4.69) is 26.8 Å². The van der Waals surface area contributed by atoms with E-state index >= 15 is 0 Å². The first-order valence-electron chi connectivity index (χ1n) is 11.6. The predicted molar refractivity (Wildman–Crippen MR) is 135 cm³/mol. The lowest BCUT2D eigenvalue weighted by Gasteiger charge is -2.35. The van der Waals surface area contributed by atoms with Crippen molar-refractivity contribution in [3.63, 3.8) is 0 Å². The number of sulfone groups is 1. The standard InChI is InChI=1S/C28H38O4S/c1-21(17-19-32-24(4)29)12-10-13-22(2)20-26(27-23(3)14-11-18-28(27,5)6)33(30,31)25-15-8-7-9-16-25/h7-9,13,15-17,20H,10-12,14,18-19H2,1-6H3/b21-17+,22-13+,26-20-. The average molecular weight is 471 g/mol. The van der Waals surface area contributed by atoms with Gasteiger partial charge in [-0.3, -0.25) is 4.79 Å². The highest BCUT2D eigenvalue weighted by atomic mass is 32.2. The molecule has 5 heteroatoms. The van der Waals surface area contributed by atoms with Gasteiger partial charge in [-0.25, -0.2) is 8.42 Å². The second kappa shape index (κ2) is 11.6. The summed E-state index contributed by atoms with van der Waals surface area (Å²) in [4.78, 5) is 11.6. The van der Waals surface area contributed by atoms with Gasteiger partial charge >= 0.3 is 5.97 Å². The monoisotopic (exact) mass is 470 g/mol. The van der Waals surface area contributed by atoms with Crippen LogP contribution in [0.25, 0.3) is 0 Å². The molecule has 0 spiro atoms. The van der Waals surface area contributed by atoms with Crippen LogP contribution in [0.1, 0.15) is 73.6 Å². The largest absolute Gasteiger partial charge is 0.462 e. The minimum atomic E-state index is -3.66. The molecule has 0 saturated carbocycles. The molecule has 2 rings (SSSR count). The maximum atomic E-state index is 13.8. The number of hydrogen-bond donors (Lipinski definition) is 0. The Morgan fingerprint density at radius 3 is 2.36 bits per heavy atom. The second-order valence-electron chi connectivity index (χ2n) is 9.56. The number of allylic oxidation sites excluding steroid dienone is 6. The summed E-state index contributed by atoms with van der Waals surface area (Å²) in [6, 6.07) is 8.72. The summed E-state index contributed by atoms with van der Waals surface area (Å²) in [6.45, 7) is 12.0. The summed E-state index contributed by atoms with van der Waals surface area (Å²) in [6.07, 6.45) is 10.4. The lowest BCUT2D eigenvalue weighted by molar-refractivity contribution is -0.139. The van der Waals surface area contributed by atoms with Crippen molar-refractivity contribution >= 4 is 15.8 Å². The first kappa shape index (κ1) is 26.8. The van der Waals surface area contributed by atoms with Crippen LogP contribution in [0.3, 0.4) is 0 Å². The van der Waals surface area contributed by atoms with Gasteiger partial charge in [-0.15, -0.1) is 0 Å². The van der Waals surface area contributed by atoms with Crippen LogP contribution in [-0.4, -0.2) is 21.0 Å². The summed E-state index contributed by atoms with van der Waals surface area (Å²) in [5, 5.41) is 0. The molecule has 0 heterocycles. The fraction of sp³-hybridized carbons (Fsp3) is 0.464. The summed E-state index contributed by atoms with van der Waals surface area (Å²) in [5.74, 6) is -0.290. The van der Waals surface area contributed by atoms with Crippen molar-refractivity contribution in [2.75, 3.05) is 6.61 Å². The zero-order valence-electron chi connectivity index (χ0n) is 20.9. The second-order valence-corrected chi connectivity index (χ2v) is 11.5. The van der Waals surface area contributed by atoms with E-state index in [9.17, 15) is 13.2 Å². The lowest BCUT2D eigenvalue weighted by atomic mass is 9.72. The van der Waals surface area contributed by atoms with Crippen LogP contribution < -0.4 is 0 Å².